The average Bonchev–Trinajstić information content (AvgIpc) is 2.96. The Labute approximate surface area is 140 Å². The molecule has 0 spiro atoms. The second kappa shape index (κ2) is 8.33. The molecule has 0 saturated carbocycles. The first-order chi connectivity index (χ1) is 11.2. The first kappa shape index (κ1) is 17.0. The molecule has 6 heteroatoms. The van der Waals surface area contributed by atoms with E-state index in [4.69, 9.17) is 0 Å². The summed E-state index contributed by atoms with van der Waals surface area (Å²) in [5, 5.41) is 11.7. The number of rotatable bonds is 8. The van der Waals surface area contributed by atoms with Crippen LogP contribution in [0.5, 0.6) is 0 Å². The lowest BCUT2D eigenvalue weighted by atomic mass is 10.2. The van der Waals surface area contributed by atoms with Crippen molar-refractivity contribution >= 4 is 17.7 Å². The SMILES string of the molecule is C=CCNC(=O)[C@H](C)Sc1nnc(-c2ccccc2)n1CC=C. The van der Waals surface area contributed by atoms with Crippen LogP contribution in [0.4, 0.5) is 0 Å². The molecule has 0 aliphatic rings. The molecule has 2 rings (SSSR count). The van der Waals surface area contributed by atoms with Gasteiger partial charge in [0.2, 0.25) is 5.91 Å². The molecule has 0 unspecified atom stereocenters. The van der Waals surface area contributed by atoms with Crippen molar-refractivity contribution in [2.75, 3.05) is 6.54 Å². The van der Waals surface area contributed by atoms with Gasteiger partial charge in [-0.3, -0.25) is 9.36 Å². The lowest BCUT2D eigenvalue weighted by Gasteiger charge is -2.12. The van der Waals surface area contributed by atoms with Gasteiger partial charge in [-0.1, -0.05) is 54.2 Å². The molecule has 1 aromatic carbocycles. The van der Waals surface area contributed by atoms with Crippen LogP contribution in [0.3, 0.4) is 0 Å². The maximum atomic E-state index is 12.0. The average molecular weight is 328 g/mol. The molecule has 0 bridgehead atoms. The van der Waals surface area contributed by atoms with Gasteiger partial charge in [-0.15, -0.1) is 23.4 Å². The van der Waals surface area contributed by atoms with Crippen LogP contribution in [0, 0.1) is 0 Å². The number of amides is 1. The van der Waals surface area contributed by atoms with Crippen molar-refractivity contribution in [1.29, 1.82) is 0 Å². The van der Waals surface area contributed by atoms with Gasteiger partial charge in [0.05, 0.1) is 5.25 Å². The third-order valence-electron chi connectivity index (χ3n) is 3.13. The lowest BCUT2D eigenvalue weighted by molar-refractivity contribution is -0.120. The number of nitrogens with one attached hydrogen (secondary N) is 1. The Morgan fingerprint density at radius 3 is 2.70 bits per heavy atom. The molecule has 0 aliphatic carbocycles. The van der Waals surface area contributed by atoms with Gasteiger partial charge < -0.3 is 5.32 Å². The zero-order chi connectivity index (χ0) is 16.7. The fourth-order valence-electron chi connectivity index (χ4n) is 2.00. The summed E-state index contributed by atoms with van der Waals surface area (Å²) in [7, 11) is 0. The summed E-state index contributed by atoms with van der Waals surface area (Å²) < 4.78 is 1.96. The Hall–Kier alpha value is -2.34. The molecular formula is C17H20N4OS. The van der Waals surface area contributed by atoms with Crippen LogP contribution in [0.1, 0.15) is 6.92 Å². The Morgan fingerprint density at radius 2 is 2.04 bits per heavy atom. The topological polar surface area (TPSA) is 59.8 Å². The Kier molecular flexibility index (Phi) is 6.17. The van der Waals surface area contributed by atoms with Crippen molar-refractivity contribution in [3.05, 3.63) is 55.6 Å². The second-order valence-corrected chi connectivity index (χ2v) is 6.17. The van der Waals surface area contributed by atoms with Crippen molar-refractivity contribution in [3.63, 3.8) is 0 Å². The highest BCUT2D eigenvalue weighted by Crippen LogP contribution is 2.26. The van der Waals surface area contributed by atoms with Crippen molar-refractivity contribution in [2.45, 2.75) is 23.9 Å². The molecule has 1 aromatic heterocycles. The van der Waals surface area contributed by atoms with E-state index in [1.54, 1.807) is 12.2 Å². The van der Waals surface area contributed by atoms with Crippen molar-refractivity contribution < 1.29 is 4.79 Å². The molecule has 0 saturated heterocycles. The maximum absolute atomic E-state index is 12.0. The van der Waals surface area contributed by atoms with Crippen LogP contribution in [0.2, 0.25) is 0 Å². The number of hydrogen-bond donors (Lipinski definition) is 1. The largest absolute Gasteiger partial charge is 0.352 e. The number of benzene rings is 1. The molecule has 120 valence electrons. The smallest absolute Gasteiger partial charge is 0.233 e. The molecule has 1 heterocycles. The fraction of sp³-hybridized carbons (Fsp3) is 0.235. The molecule has 0 aliphatic heterocycles. The summed E-state index contributed by atoms with van der Waals surface area (Å²) >= 11 is 1.38. The van der Waals surface area contributed by atoms with Gasteiger partial charge in [0.15, 0.2) is 11.0 Å². The van der Waals surface area contributed by atoms with E-state index in [-0.39, 0.29) is 11.2 Å². The minimum absolute atomic E-state index is 0.0516. The zero-order valence-corrected chi connectivity index (χ0v) is 13.9. The van der Waals surface area contributed by atoms with E-state index in [0.717, 1.165) is 11.4 Å². The van der Waals surface area contributed by atoms with E-state index in [9.17, 15) is 4.79 Å². The van der Waals surface area contributed by atoms with E-state index in [1.165, 1.54) is 11.8 Å². The zero-order valence-electron chi connectivity index (χ0n) is 13.1. The predicted octanol–water partition coefficient (Wildman–Crippen LogP) is 2.91. The van der Waals surface area contributed by atoms with Gasteiger partial charge >= 0.3 is 0 Å². The number of aromatic nitrogens is 3. The Balaban J connectivity index is 2.22. The number of thioether (sulfide) groups is 1. The van der Waals surface area contributed by atoms with Crippen LogP contribution in [0.25, 0.3) is 11.4 Å². The van der Waals surface area contributed by atoms with Crippen LogP contribution in [-0.2, 0) is 11.3 Å². The summed E-state index contributed by atoms with van der Waals surface area (Å²) in [6.07, 6.45) is 3.45. The van der Waals surface area contributed by atoms with E-state index in [2.05, 4.69) is 28.7 Å². The Morgan fingerprint density at radius 1 is 1.30 bits per heavy atom. The lowest BCUT2D eigenvalue weighted by Crippen LogP contribution is -2.31. The van der Waals surface area contributed by atoms with Gasteiger partial charge in [-0.2, -0.15) is 0 Å². The minimum atomic E-state index is -0.272. The normalized spacial score (nSPS) is 11.7. The van der Waals surface area contributed by atoms with Gasteiger partial charge in [-0.05, 0) is 6.92 Å². The highest BCUT2D eigenvalue weighted by atomic mass is 32.2. The molecule has 1 amide bonds. The molecule has 0 fully saturated rings. The first-order valence-corrected chi connectivity index (χ1v) is 8.20. The van der Waals surface area contributed by atoms with E-state index < -0.39 is 0 Å². The van der Waals surface area contributed by atoms with Crippen LogP contribution in [0.15, 0.2) is 60.8 Å². The monoisotopic (exact) mass is 328 g/mol. The van der Waals surface area contributed by atoms with Crippen LogP contribution >= 0.6 is 11.8 Å². The van der Waals surface area contributed by atoms with Gasteiger partial charge in [0, 0.05) is 18.7 Å². The summed E-state index contributed by atoms with van der Waals surface area (Å²) in [6.45, 7) is 10.3. The first-order valence-electron chi connectivity index (χ1n) is 7.32. The number of nitrogens with zero attached hydrogens (tertiary/aromatic N) is 3. The van der Waals surface area contributed by atoms with E-state index >= 15 is 0 Å². The van der Waals surface area contributed by atoms with Gasteiger partial charge in [0.25, 0.3) is 0 Å². The highest BCUT2D eigenvalue weighted by molar-refractivity contribution is 8.00. The predicted molar refractivity (Wildman–Crippen MR) is 94.2 cm³/mol. The molecule has 0 radical (unpaired) electrons. The number of carbonyl (C=O) groups excluding carboxylic acids is 1. The summed E-state index contributed by atoms with van der Waals surface area (Å²) in [4.78, 5) is 12.0. The second-order valence-electron chi connectivity index (χ2n) is 4.87. The van der Waals surface area contributed by atoms with Crippen LogP contribution < -0.4 is 5.32 Å². The molecule has 2 aromatic rings. The summed E-state index contributed by atoms with van der Waals surface area (Å²) in [6, 6.07) is 9.84. The quantitative estimate of drug-likeness (QED) is 0.598. The molecule has 5 nitrogen and oxygen atoms in total. The maximum Gasteiger partial charge on any atom is 0.233 e. The number of hydrogen-bond acceptors (Lipinski definition) is 4. The molecule has 23 heavy (non-hydrogen) atoms. The highest BCUT2D eigenvalue weighted by Gasteiger charge is 2.19. The molecule has 1 atom stereocenters. The van der Waals surface area contributed by atoms with Crippen molar-refractivity contribution in [2.24, 2.45) is 0 Å². The van der Waals surface area contributed by atoms with Crippen molar-refractivity contribution in [3.8, 4) is 11.4 Å². The Bertz CT molecular complexity index is 681. The summed E-state index contributed by atoms with van der Waals surface area (Å²) in [5.41, 5.74) is 0.984. The fourth-order valence-corrected chi connectivity index (χ4v) is 2.88. The van der Waals surface area contributed by atoms with E-state index in [0.29, 0.717) is 18.2 Å². The van der Waals surface area contributed by atoms with Crippen LogP contribution in [-0.4, -0.2) is 32.5 Å². The molecule has 1 N–H and O–H groups in total. The van der Waals surface area contributed by atoms with Crippen molar-refractivity contribution in [1.82, 2.24) is 20.1 Å². The third-order valence-corrected chi connectivity index (χ3v) is 4.21. The van der Waals surface area contributed by atoms with Gasteiger partial charge in [-0.25, -0.2) is 0 Å². The number of allylic oxidation sites excluding steroid dienone is 1. The standard InChI is InChI=1S/C17H20N4OS/c1-4-11-18-16(22)13(3)23-17-20-19-15(21(17)12-5-2)14-9-7-6-8-10-14/h4-10,13H,1-2,11-12H2,3H3,(H,18,22)/t13-/m0/s1. The van der Waals surface area contributed by atoms with E-state index in [1.807, 2.05) is 41.8 Å². The summed E-state index contributed by atoms with van der Waals surface area (Å²) in [5.74, 6) is 0.719. The number of carbonyl (C=O) groups is 1. The minimum Gasteiger partial charge on any atom is -0.352 e. The van der Waals surface area contributed by atoms with Gasteiger partial charge in [0.1, 0.15) is 0 Å². The third kappa shape index (κ3) is 4.32. The molecular weight excluding hydrogens is 308 g/mol.